The summed E-state index contributed by atoms with van der Waals surface area (Å²) >= 11 is 0. The number of rotatable bonds is 5. The van der Waals surface area contributed by atoms with Crippen molar-refractivity contribution in [1.29, 1.82) is 0 Å². The monoisotopic (exact) mass is 244 g/mol. The van der Waals surface area contributed by atoms with Crippen molar-refractivity contribution in [2.45, 2.75) is 40.0 Å². The predicted molar refractivity (Wildman–Crippen MR) is 74.0 cm³/mol. The number of unbranched alkanes of at least 4 members (excludes halogenated alkanes) is 1. The van der Waals surface area contributed by atoms with Crippen LogP contribution in [0, 0.1) is 11.8 Å². The molecule has 0 aromatic heterocycles. The first-order chi connectivity index (χ1) is 8.69. The molecule has 0 N–H and O–H groups in total. The average molecular weight is 244 g/mol. The third-order valence-corrected chi connectivity index (χ3v) is 2.65. The van der Waals surface area contributed by atoms with Crippen LogP contribution in [-0.2, 0) is 6.42 Å². The van der Waals surface area contributed by atoms with Gasteiger partial charge in [-0.15, -0.1) is 0 Å². The second-order valence-corrected chi connectivity index (χ2v) is 4.12. The lowest BCUT2D eigenvalue weighted by molar-refractivity contribution is 0.101. The maximum absolute atomic E-state index is 11.5. The summed E-state index contributed by atoms with van der Waals surface area (Å²) in [4.78, 5) is 11.5. The summed E-state index contributed by atoms with van der Waals surface area (Å²) in [6.45, 7) is 6.10. The SMILES string of the molecule is CCCC#CCOc1ccc(CC)c(C(C)=O)c1. The van der Waals surface area contributed by atoms with Gasteiger partial charge in [0.05, 0.1) is 0 Å². The van der Waals surface area contributed by atoms with Crippen LogP contribution in [0.15, 0.2) is 18.2 Å². The van der Waals surface area contributed by atoms with Crippen LogP contribution in [0.25, 0.3) is 0 Å². The molecule has 0 aliphatic heterocycles. The van der Waals surface area contributed by atoms with Gasteiger partial charge in [-0.3, -0.25) is 4.79 Å². The Morgan fingerprint density at radius 1 is 1.28 bits per heavy atom. The van der Waals surface area contributed by atoms with E-state index in [9.17, 15) is 4.79 Å². The molecule has 0 aliphatic carbocycles. The Morgan fingerprint density at radius 2 is 2.06 bits per heavy atom. The Kier molecular flexibility index (Phi) is 6.00. The lowest BCUT2D eigenvalue weighted by atomic mass is 10.0. The van der Waals surface area contributed by atoms with Crippen LogP contribution in [0.2, 0.25) is 0 Å². The molecule has 1 aromatic rings. The molecular formula is C16H20O2. The van der Waals surface area contributed by atoms with Gasteiger partial charge in [0.15, 0.2) is 5.78 Å². The van der Waals surface area contributed by atoms with E-state index in [2.05, 4.69) is 18.8 Å². The van der Waals surface area contributed by atoms with E-state index in [4.69, 9.17) is 4.74 Å². The van der Waals surface area contributed by atoms with E-state index < -0.39 is 0 Å². The van der Waals surface area contributed by atoms with E-state index in [1.807, 2.05) is 25.1 Å². The summed E-state index contributed by atoms with van der Waals surface area (Å²) in [6, 6.07) is 5.65. The summed E-state index contributed by atoms with van der Waals surface area (Å²) in [7, 11) is 0. The number of ketones is 1. The first-order valence-electron chi connectivity index (χ1n) is 6.41. The van der Waals surface area contributed by atoms with Crippen molar-refractivity contribution >= 4 is 5.78 Å². The van der Waals surface area contributed by atoms with Crippen LogP contribution in [0.3, 0.4) is 0 Å². The maximum atomic E-state index is 11.5. The molecule has 0 saturated carbocycles. The van der Waals surface area contributed by atoms with Gasteiger partial charge in [-0.05, 0) is 37.5 Å². The average Bonchev–Trinajstić information content (AvgIpc) is 2.38. The minimum absolute atomic E-state index is 0.0781. The molecule has 0 atom stereocenters. The molecule has 0 amide bonds. The lowest BCUT2D eigenvalue weighted by Gasteiger charge is -2.08. The second kappa shape index (κ2) is 7.55. The fourth-order valence-corrected chi connectivity index (χ4v) is 1.67. The number of Topliss-reactive ketones (excluding diaryl/α,β-unsaturated/α-hetero) is 1. The zero-order valence-electron chi connectivity index (χ0n) is 11.4. The lowest BCUT2D eigenvalue weighted by Crippen LogP contribution is -2.01. The Bertz CT molecular complexity index is 464. The van der Waals surface area contributed by atoms with Crippen molar-refractivity contribution in [3.8, 4) is 17.6 Å². The molecule has 0 spiro atoms. The molecule has 1 rings (SSSR count). The Balaban J connectivity index is 2.71. The van der Waals surface area contributed by atoms with Crippen molar-refractivity contribution < 1.29 is 9.53 Å². The number of benzene rings is 1. The number of hydrogen-bond acceptors (Lipinski definition) is 2. The smallest absolute Gasteiger partial charge is 0.160 e. The first kappa shape index (κ1) is 14.3. The van der Waals surface area contributed by atoms with Gasteiger partial charge in [0.25, 0.3) is 0 Å². The zero-order chi connectivity index (χ0) is 13.4. The van der Waals surface area contributed by atoms with E-state index in [-0.39, 0.29) is 5.78 Å². The first-order valence-corrected chi connectivity index (χ1v) is 6.41. The molecule has 2 nitrogen and oxygen atoms in total. The molecule has 18 heavy (non-hydrogen) atoms. The molecule has 0 unspecified atom stereocenters. The van der Waals surface area contributed by atoms with Crippen LogP contribution >= 0.6 is 0 Å². The minimum atomic E-state index is 0.0781. The van der Waals surface area contributed by atoms with Crippen LogP contribution in [-0.4, -0.2) is 12.4 Å². The zero-order valence-corrected chi connectivity index (χ0v) is 11.4. The summed E-state index contributed by atoms with van der Waals surface area (Å²) in [5.41, 5.74) is 1.81. The molecule has 0 bridgehead atoms. The van der Waals surface area contributed by atoms with E-state index in [0.29, 0.717) is 12.4 Å². The highest BCUT2D eigenvalue weighted by molar-refractivity contribution is 5.96. The predicted octanol–water partition coefficient (Wildman–Crippen LogP) is 3.63. The highest BCUT2D eigenvalue weighted by atomic mass is 16.5. The molecule has 0 heterocycles. The molecular weight excluding hydrogens is 224 g/mol. The summed E-state index contributed by atoms with van der Waals surface area (Å²) in [6.07, 6.45) is 2.81. The fourth-order valence-electron chi connectivity index (χ4n) is 1.67. The second-order valence-electron chi connectivity index (χ2n) is 4.12. The standard InChI is InChI=1S/C16H20O2/c1-4-6-7-8-11-18-15-10-9-14(5-2)16(12-15)13(3)17/h9-10,12H,4-6,11H2,1-3H3. The Hall–Kier alpha value is -1.75. The van der Waals surface area contributed by atoms with E-state index >= 15 is 0 Å². The molecule has 0 radical (unpaired) electrons. The maximum Gasteiger partial charge on any atom is 0.160 e. The number of ether oxygens (including phenoxy) is 1. The Labute approximate surface area is 109 Å². The normalized spacial score (nSPS) is 9.50. The minimum Gasteiger partial charge on any atom is -0.481 e. The molecule has 96 valence electrons. The molecule has 0 saturated heterocycles. The highest BCUT2D eigenvalue weighted by Crippen LogP contribution is 2.19. The van der Waals surface area contributed by atoms with Crippen LogP contribution in [0.1, 0.15) is 49.5 Å². The van der Waals surface area contributed by atoms with E-state index in [0.717, 1.165) is 30.4 Å². The van der Waals surface area contributed by atoms with Crippen LogP contribution in [0.4, 0.5) is 0 Å². The van der Waals surface area contributed by atoms with Crippen molar-refractivity contribution in [3.05, 3.63) is 29.3 Å². The number of aryl methyl sites for hydroxylation is 1. The molecule has 0 aliphatic rings. The van der Waals surface area contributed by atoms with Crippen LogP contribution < -0.4 is 4.74 Å². The fraction of sp³-hybridized carbons (Fsp3) is 0.438. The number of carbonyl (C=O) groups is 1. The molecule has 0 fully saturated rings. The van der Waals surface area contributed by atoms with Gasteiger partial charge in [-0.2, -0.15) is 0 Å². The third-order valence-electron chi connectivity index (χ3n) is 2.65. The van der Waals surface area contributed by atoms with Gasteiger partial charge in [0, 0.05) is 12.0 Å². The molecule has 1 aromatic carbocycles. The third kappa shape index (κ3) is 4.25. The topological polar surface area (TPSA) is 26.3 Å². The van der Waals surface area contributed by atoms with Crippen molar-refractivity contribution in [2.75, 3.05) is 6.61 Å². The van der Waals surface area contributed by atoms with Gasteiger partial charge < -0.3 is 4.74 Å². The van der Waals surface area contributed by atoms with Crippen LogP contribution in [0.5, 0.6) is 5.75 Å². The Morgan fingerprint density at radius 3 is 2.67 bits per heavy atom. The quantitative estimate of drug-likeness (QED) is 0.584. The highest BCUT2D eigenvalue weighted by Gasteiger charge is 2.07. The summed E-state index contributed by atoms with van der Waals surface area (Å²) < 4.78 is 5.52. The molecule has 2 heteroatoms. The van der Waals surface area contributed by atoms with E-state index in [1.165, 1.54) is 0 Å². The number of hydrogen-bond donors (Lipinski definition) is 0. The summed E-state index contributed by atoms with van der Waals surface area (Å²) in [5, 5.41) is 0. The van der Waals surface area contributed by atoms with Gasteiger partial charge in [-0.25, -0.2) is 0 Å². The van der Waals surface area contributed by atoms with Gasteiger partial charge >= 0.3 is 0 Å². The van der Waals surface area contributed by atoms with Gasteiger partial charge in [0.1, 0.15) is 12.4 Å². The van der Waals surface area contributed by atoms with Crippen molar-refractivity contribution in [2.24, 2.45) is 0 Å². The number of carbonyl (C=O) groups excluding carboxylic acids is 1. The largest absolute Gasteiger partial charge is 0.481 e. The van der Waals surface area contributed by atoms with Gasteiger partial charge in [0.2, 0.25) is 0 Å². The van der Waals surface area contributed by atoms with Crippen molar-refractivity contribution in [3.63, 3.8) is 0 Å². The van der Waals surface area contributed by atoms with Gasteiger partial charge in [-0.1, -0.05) is 31.8 Å². The summed E-state index contributed by atoms with van der Waals surface area (Å²) in [5.74, 6) is 6.77. The van der Waals surface area contributed by atoms with E-state index in [1.54, 1.807) is 6.92 Å². The van der Waals surface area contributed by atoms with Crippen molar-refractivity contribution in [1.82, 2.24) is 0 Å².